The maximum absolute atomic E-state index is 12.8. The maximum Gasteiger partial charge on any atom is 0.573 e. The third-order valence-electron chi connectivity index (χ3n) is 5.17. The van der Waals surface area contributed by atoms with Crippen LogP contribution in [0.15, 0.2) is 24.3 Å². The minimum absolute atomic E-state index is 0.0214. The Morgan fingerprint density at radius 3 is 2.57 bits per heavy atom. The first kappa shape index (κ1) is 20.0. The lowest BCUT2D eigenvalue weighted by Crippen LogP contribution is -2.54. The molecule has 1 aliphatic carbocycles. The third kappa shape index (κ3) is 4.05. The van der Waals surface area contributed by atoms with Crippen molar-refractivity contribution < 1.29 is 32.3 Å². The predicted molar refractivity (Wildman–Crippen MR) is 92.4 cm³/mol. The van der Waals surface area contributed by atoms with Crippen LogP contribution in [0.2, 0.25) is 0 Å². The largest absolute Gasteiger partial charge is 0.573 e. The second kappa shape index (κ2) is 7.33. The van der Waals surface area contributed by atoms with E-state index in [1.807, 2.05) is 6.92 Å². The summed E-state index contributed by atoms with van der Waals surface area (Å²) in [6.07, 6.45) is -1.64. The van der Waals surface area contributed by atoms with Crippen LogP contribution in [0.4, 0.5) is 23.7 Å². The van der Waals surface area contributed by atoms with Gasteiger partial charge in [-0.2, -0.15) is 0 Å². The summed E-state index contributed by atoms with van der Waals surface area (Å²) in [5.74, 6) is -1.48. The molecule has 1 heterocycles. The Balaban J connectivity index is 1.62. The smallest absolute Gasteiger partial charge is 0.406 e. The van der Waals surface area contributed by atoms with Gasteiger partial charge in [-0.15, -0.1) is 13.2 Å². The van der Waals surface area contributed by atoms with Crippen LogP contribution in [0, 0.1) is 5.92 Å². The van der Waals surface area contributed by atoms with Gasteiger partial charge in [0.2, 0.25) is 5.91 Å². The maximum atomic E-state index is 12.8. The number of hydrogen-bond donors (Lipinski definition) is 2. The summed E-state index contributed by atoms with van der Waals surface area (Å²) >= 11 is 0. The number of ether oxygens (including phenoxy) is 1. The lowest BCUT2D eigenvalue weighted by atomic mass is 9.73. The predicted octanol–water partition coefficient (Wildman–Crippen LogP) is 3.02. The molecule has 0 unspecified atom stereocenters. The van der Waals surface area contributed by atoms with E-state index >= 15 is 0 Å². The first-order valence-corrected chi connectivity index (χ1v) is 8.90. The van der Waals surface area contributed by atoms with Crippen LogP contribution < -0.4 is 15.4 Å². The van der Waals surface area contributed by atoms with E-state index < -0.39 is 42.0 Å². The molecule has 2 N–H and O–H groups in total. The second-order valence-electron chi connectivity index (χ2n) is 7.06. The molecule has 4 amide bonds. The van der Waals surface area contributed by atoms with Crippen molar-refractivity contribution in [3.05, 3.63) is 24.3 Å². The first-order valence-electron chi connectivity index (χ1n) is 8.90. The van der Waals surface area contributed by atoms with Gasteiger partial charge in [0.05, 0.1) is 0 Å². The number of urea groups is 1. The van der Waals surface area contributed by atoms with Crippen molar-refractivity contribution in [2.24, 2.45) is 5.92 Å². The molecule has 152 valence electrons. The molecular formula is C18H20F3N3O4. The van der Waals surface area contributed by atoms with Gasteiger partial charge in [0.25, 0.3) is 5.91 Å². The number of anilines is 1. The van der Waals surface area contributed by atoms with E-state index in [-0.39, 0.29) is 11.6 Å². The number of amides is 4. The number of benzene rings is 1. The molecule has 3 rings (SSSR count). The number of rotatable bonds is 4. The van der Waals surface area contributed by atoms with Gasteiger partial charge in [0.15, 0.2) is 0 Å². The van der Waals surface area contributed by atoms with E-state index in [0.29, 0.717) is 6.42 Å². The molecule has 1 saturated carbocycles. The molecule has 2 atom stereocenters. The molecule has 0 aromatic heterocycles. The summed E-state index contributed by atoms with van der Waals surface area (Å²) < 4.78 is 40.2. The fourth-order valence-electron chi connectivity index (χ4n) is 3.72. The lowest BCUT2D eigenvalue weighted by molar-refractivity contribution is -0.274. The molecule has 1 aliphatic heterocycles. The quantitative estimate of drug-likeness (QED) is 0.762. The number of carbonyl (C=O) groups excluding carboxylic acids is 3. The average Bonchev–Trinajstić information content (AvgIpc) is 2.83. The number of alkyl halides is 3. The van der Waals surface area contributed by atoms with Crippen molar-refractivity contribution >= 4 is 23.5 Å². The number of hydrogen-bond acceptors (Lipinski definition) is 4. The zero-order valence-corrected chi connectivity index (χ0v) is 15.1. The third-order valence-corrected chi connectivity index (χ3v) is 5.17. The highest BCUT2D eigenvalue weighted by Gasteiger charge is 2.55. The Hall–Kier alpha value is -2.78. The van der Waals surface area contributed by atoms with Gasteiger partial charge in [-0.3, -0.25) is 14.5 Å². The summed E-state index contributed by atoms with van der Waals surface area (Å²) in [5, 5.41) is 5.20. The number of halogens is 3. The number of nitrogens with one attached hydrogen (secondary N) is 2. The highest BCUT2D eigenvalue weighted by Crippen LogP contribution is 2.38. The molecule has 0 radical (unpaired) electrons. The van der Waals surface area contributed by atoms with Crippen molar-refractivity contribution in [1.82, 2.24) is 10.2 Å². The zero-order chi connectivity index (χ0) is 20.5. The van der Waals surface area contributed by atoms with Crippen LogP contribution in [0.3, 0.4) is 0 Å². The SMILES string of the molecule is C[C@@H]1CCCC[C@]12NC(=O)N(CC(=O)Nc1ccc(OC(F)(F)F)cc1)C2=O. The van der Waals surface area contributed by atoms with E-state index in [0.717, 1.165) is 36.3 Å². The zero-order valence-electron chi connectivity index (χ0n) is 15.1. The topological polar surface area (TPSA) is 87.7 Å². The van der Waals surface area contributed by atoms with Crippen molar-refractivity contribution in [1.29, 1.82) is 0 Å². The molecule has 1 aromatic carbocycles. The summed E-state index contributed by atoms with van der Waals surface area (Å²) in [6, 6.07) is 3.96. The average molecular weight is 399 g/mol. The van der Waals surface area contributed by atoms with Gasteiger partial charge in [-0.25, -0.2) is 4.79 Å². The van der Waals surface area contributed by atoms with E-state index in [1.165, 1.54) is 12.1 Å². The van der Waals surface area contributed by atoms with Gasteiger partial charge < -0.3 is 15.4 Å². The lowest BCUT2D eigenvalue weighted by Gasteiger charge is -2.36. The van der Waals surface area contributed by atoms with E-state index in [2.05, 4.69) is 15.4 Å². The van der Waals surface area contributed by atoms with Crippen molar-refractivity contribution in [2.75, 3.05) is 11.9 Å². The molecule has 2 fully saturated rings. The van der Waals surface area contributed by atoms with Gasteiger partial charge in [0.1, 0.15) is 17.8 Å². The Morgan fingerprint density at radius 1 is 1.29 bits per heavy atom. The highest BCUT2D eigenvalue weighted by atomic mass is 19.4. The van der Waals surface area contributed by atoms with E-state index in [9.17, 15) is 27.6 Å². The van der Waals surface area contributed by atoms with Gasteiger partial charge in [0, 0.05) is 5.69 Å². The van der Waals surface area contributed by atoms with Crippen LogP contribution >= 0.6 is 0 Å². The number of nitrogens with zero attached hydrogens (tertiary/aromatic N) is 1. The minimum atomic E-state index is -4.81. The van der Waals surface area contributed by atoms with Crippen molar-refractivity contribution in [2.45, 2.75) is 44.5 Å². The summed E-state index contributed by atoms with van der Waals surface area (Å²) in [7, 11) is 0. The Bertz CT molecular complexity index is 781. The standard InChI is InChI=1S/C18H20F3N3O4/c1-11-4-2-3-9-17(11)15(26)24(16(27)23-17)10-14(25)22-12-5-7-13(8-6-12)28-18(19,20)21/h5-8,11H,2-4,9-10H2,1H3,(H,22,25)(H,23,27)/t11-,17+/m1/s1. The van der Waals surface area contributed by atoms with Crippen molar-refractivity contribution in [3.63, 3.8) is 0 Å². The minimum Gasteiger partial charge on any atom is -0.406 e. The normalized spacial score (nSPS) is 25.0. The monoisotopic (exact) mass is 399 g/mol. The summed E-state index contributed by atoms with van der Waals surface area (Å²) in [5.41, 5.74) is -0.737. The summed E-state index contributed by atoms with van der Waals surface area (Å²) in [6.45, 7) is 1.44. The summed E-state index contributed by atoms with van der Waals surface area (Å²) in [4.78, 5) is 38.2. The molecule has 10 heteroatoms. The fraction of sp³-hybridized carbons (Fsp3) is 0.500. The fourth-order valence-corrected chi connectivity index (χ4v) is 3.72. The van der Waals surface area contributed by atoms with Crippen LogP contribution in [-0.2, 0) is 9.59 Å². The number of imide groups is 1. The Kier molecular flexibility index (Phi) is 5.22. The molecule has 1 aromatic rings. The molecule has 1 saturated heterocycles. The van der Waals surface area contributed by atoms with Crippen LogP contribution in [0.5, 0.6) is 5.75 Å². The molecule has 2 aliphatic rings. The van der Waals surface area contributed by atoms with Gasteiger partial charge in [-0.05, 0) is 43.0 Å². The number of carbonyl (C=O) groups is 3. The molecule has 28 heavy (non-hydrogen) atoms. The molecular weight excluding hydrogens is 379 g/mol. The van der Waals surface area contributed by atoms with Crippen LogP contribution in [0.1, 0.15) is 32.6 Å². The van der Waals surface area contributed by atoms with Crippen molar-refractivity contribution in [3.8, 4) is 5.75 Å². The van der Waals surface area contributed by atoms with E-state index in [1.54, 1.807) is 0 Å². The molecule has 1 spiro atoms. The molecule has 0 bridgehead atoms. The van der Waals surface area contributed by atoms with Crippen LogP contribution in [-0.4, -0.2) is 41.2 Å². The second-order valence-corrected chi connectivity index (χ2v) is 7.06. The van der Waals surface area contributed by atoms with Gasteiger partial charge in [-0.1, -0.05) is 19.8 Å². The Labute approximate surface area is 159 Å². The molecule has 7 nitrogen and oxygen atoms in total. The highest BCUT2D eigenvalue weighted by molar-refractivity contribution is 6.10. The van der Waals surface area contributed by atoms with Crippen LogP contribution in [0.25, 0.3) is 0 Å². The van der Waals surface area contributed by atoms with E-state index in [4.69, 9.17) is 0 Å². The van der Waals surface area contributed by atoms with Gasteiger partial charge >= 0.3 is 12.4 Å². The Morgan fingerprint density at radius 2 is 1.96 bits per heavy atom. The first-order chi connectivity index (χ1) is 13.1.